The third-order valence-electron chi connectivity index (χ3n) is 4.59. The van der Waals surface area contributed by atoms with Crippen LogP contribution in [0.4, 0.5) is 11.6 Å². The van der Waals surface area contributed by atoms with Gasteiger partial charge in [0.05, 0.1) is 0 Å². The lowest BCUT2D eigenvalue weighted by atomic mass is 10.1. The summed E-state index contributed by atoms with van der Waals surface area (Å²) >= 11 is 0. The van der Waals surface area contributed by atoms with E-state index in [2.05, 4.69) is 28.6 Å². The molecule has 2 heterocycles. The number of nitrogen functional groups attached to an aromatic ring is 1. The quantitative estimate of drug-likeness (QED) is 0.911. The maximum atomic E-state index is 6.09. The van der Waals surface area contributed by atoms with Crippen molar-refractivity contribution < 1.29 is 0 Å². The summed E-state index contributed by atoms with van der Waals surface area (Å²) in [5, 5.41) is 0. The lowest BCUT2D eigenvalue weighted by Crippen LogP contribution is -2.52. The van der Waals surface area contributed by atoms with Crippen molar-refractivity contribution in [1.82, 2.24) is 14.9 Å². The molecular weight excluding hydrogens is 250 g/mol. The van der Waals surface area contributed by atoms with Crippen molar-refractivity contribution in [3.8, 4) is 0 Å². The second kappa shape index (κ2) is 5.20. The molecule has 3 rings (SSSR count). The Morgan fingerprint density at radius 2 is 2.00 bits per heavy atom. The molecule has 1 aromatic rings. The van der Waals surface area contributed by atoms with Crippen LogP contribution in [-0.2, 0) is 0 Å². The zero-order valence-electron chi connectivity index (χ0n) is 12.8. The van der Waals surface area contributed by atoms with Crippen molar-refractivity contribution in [3.05, 3.63) is 11.4 Å². The number of nitrogens with two attached hydrogens (primary N) is 1. The first-order valence-corrected chi connectivity index (χ1v) is 7.73. The first-order chi connectivity index (χ1) is 9.60. The summed E-state index contributed by atoms with van der Waals surface area (Å²) in [6.07, 6.45) is 2.42. The Morgan fingerprint density at radius 1 is 1.25 bits per heavy atom. The lowest BCUT2D eigenvalue weighted by molar-refractivity contribution is 0.199. The Morgan fingerprint density at radius 3 is 2.60 bits per heavy atom. The van der Waals surface area contributed by atoms with Crippen molar-refractivity contribution in [2.24, 2.45) is 0 Å². The Kier molecular flexibility index (Phi) is 3.54. The van der Waals surface area contributed by atoms with Crippen LogP contribution in [0, 0.1) is 6.92 Å². The zero-order valence-corrected chi connectivity index (χ0v) is 12.8. The van der Waals surface area contributed by atoms with Crippen LogP contribution < -0.4 is 10.6 Å². The van der Waals surface area contributed by atoms with Crippen LogP contribution >= 0.6 is 0 Å². The van der Waals surface area contributed by atoms with Gasteiger partial charge in [0.1, 0.15) is 17.5 Å². The third-order valence-corrected chi connectivity index (χ3v) is 4.59. The number of piperazine rings is 1. The highest BCUT2D eigenvalue weighted by Crippen LogP contribution is 2.39. The largest absolute Gasteiger partial charge is 0.383 e. The van der Waals surface area contributed by atoms with Crippen LogP contribution in [0.3, 0.4) is 0 Å². The highest BCUT2D eigenvalue weighted by Gasteiger charge is 2.30. The third kappa shape index (κ3) is 2.46. The summed E-state index contributed by atoms with van der Waals surface area (Å²) in [5.74, 6) is 3.21. The summed E-state index contributed by atoms with van der Waals surface area (Å²) in [7, 11) is 0. The van der Waals surface area contributed by atoms with Crippen LogP contribution in [0.15, 0.2) is 0 Å². The van der Waals surface area contributed by atoms with Gasteiger partial charge in [-0.2, -0.15) is 0 Å². The minimum atomic E-state index is 0.547. The average molecular weight is 275 g/mol. The van der Waals surface area contributed by atoms with Crippen molar-refractivity contribution in [1.29, 1.82) is 0 Å². The van der Waals surface area contributed by atoms with E-state index in [1.807, 2.05) is 6.92 Å². The molecule has 2 N–H and O–H groups in total. The highest BCUT2D eigenvalue weighted by molar-refractivity contribution is 5.57. The molecule has 0 amide bonds. The van der Waals surface area contributed by atoms with Gasteiger partial charge in [-0.05, 0) is 33.2 Å². The highest BCUT2D eigenvalue weighted by atomic mass is 15.3. The zero-order chi connectivity index (χ0) is 14.3. The number of rotatable bonds is 3. The van der Waals surface area contributed by atoms with Crippen LogP contribution in [0.25, 0.3) is 0 Å². The average Bonchev–Trinajstić information content (AvgIpc) is 3.26. The Bertz CT molecular complexity index is 497. The maximum Gasteiger partial charge on any atom is 0.137 e. The fourth-order valence-electron chi connectivity index (χ4n) is 3.03. The number of nitrogens with zero attached hydrogens (tertiary/aromatic N) is 4. The molecule has 5 heteroatoms. The van der Waals surface area contributed by atoms with Crippen molar-refractivity contribution in [2.75, 3.05) is 36.8 Å². The van der Waals surface area contributed by atoms with Gasteiger partial charge in [-0.25, -0.2) is 9.97 Å². The molecule has 2 aliphatic rings. The van der Waals surface area contributed by atoms with Gasteiger partial charge in [0, 0.05) is 37.2 Å². The maximum absolute atomic E-state index is 6.09. The van der Waals surface area contributed by atoms with Gasteiger partial charge in [-0.1, -0.05) is 6.92 Å². The Balaban J connectivity index is 1.86. The number of likely N-dealkylation sites (N-methyl/N-ethyl adjacent to an activating group) is 1. The Hall–Kier alpha value is -1.36. The minimum Gasteiger partial charge on any atom is -0.383 e. The molecule has 20 heavy (non-hydrogen) atoms. The predicted molar refractivity (Wildman–Crippen MR) is 82.1 cm³/mol. The fraction of sp³-hybridized carbons (Fsp3) is 0.733. The second-order valence-electron chi connectivity index (χ2n) is 6.11. The topological polar surface area (TPSA) is 58.3 Å². The molecule has 2 fully saturated rings. The van der Waals surface area contributed by atoms with Gasteiger partial charge in [0.15, 0.2) is 0 Å². The van der Waals surface area contributed by atoms with E-state index in [1.54, 1.807) is 0 Å². The van der Waals surface area contributed by atoms with Crippen molar-refractivity contribution in [3.63, 3.8) is 0 Å². The van der Waals surface area contributed by atoms with E-state index in [0.717, 1.165) is 43.4 Å². The molecule has 0 radical (unpaired) electrons. The molecule has 1 atom stereocenters. The van der Waals surface area contributed by atoms with Gasteiger partial charge in [0.2, 0.25) is 0 Å². The smallest absolute Gasteiger partial charge is 0.137 e. The number of anilines is 2. The molecule has 1 aliphatic heterocycles. The first-order valence-electron chi connectivity index (χ1n) is 7.73. The SMILES string of the molecule is CCN1CCN(c2nc(C3CC3)nc(N)c2C)CC1C. The summed E-state index contributed by atoms with van der Waals surface area (Å²) in [5.41, 5.74) is 7.13. The van der Waals surface area contributed by atoms with E-state index in [1.165, 1.54) is 12.8 Å². The van der Waals surface area contributed by atoms with Gasteiger partial charge >= 0.3 is 0 Å². The van der Waals surface area contributed by atoms with Crippen LogP contribution in [0.1, 0.15) is 44.0 Å². The standard InChI is InChI=1S/C15H25N5/c1-4-19-7-8-20(9-10(19)2)15-11(3)13(16)17-14(18-15)12-5-6-12/h10,12H,4-9H2,1-3H3,(H2,16,17,18). The van der Waals surface area contributed by atoms with Crippen molar-refractivity contribution in [2.45, 2.75) is 45.6 Å². The Labute approximate surface area is 121 Å². The van der Waals surface area contributed by atoms with E-state index < -0.39 is 0 Å². The summed E-state index contributed by atoms with van der Waals surface area (Å²) in [4.78, 5) is 14.2. The van der Waals surface area contributed by atoms with Crippen LogP contribution in [0.2, 0.25) is 0 Å². The molecule has 0 aromatic carbocycles. The molecule has 0 spiro atoms. The summed E-state index contributed by atoms with van der Waals surface area (Å²) < 4.78 is 0. The summed E-state index contributed by atoms with van der Waals surface area (Å²) in [6.45, 7) is 10.8. The molecule has 5 nitrogen and oxygen atoms in total. The number of aromatic nitrogens is 2. The molecule has 1 unspecified atom stereocenters. The van der Waals surface area contributed by atoms with E-state index >= 15 is 0 Å². The molecule has 0 bridgehead atoms. The van der Waals surface area contributed by atoms with Crippen molar-refractivity contribution >= 4 is 11.6 Å². The van der Waals surface area contributed by atoms with Gasteiger partial charge in [0.25, 0.3) is 0 Å². The normalized spacial score (nSPS) is 24.1. The van der Waals surface area contributed by atoms with Gasteiger partial charge in [-0.15, -0.1) is 0 Å². The number of hydrogen-bond donors (Lipinski definition) is 1. The molecule has 1 saturated carbocycles. The fourth-order valence-corrected chi connectivity index (χ4v) is 3.03. The van der Waals surface area contributed by atoms with E-state index in [-0.39, 0.29) is 0 Å². The lowest BCUT2D eigenvalue weighted by Gasteiger charge is -2.40. The molecule has 1 aromatic heterocycles. The predicted octanol–water partition coefficient (Wildman–Crippen LogP) is 1.78. The summed E-state index contributed by atoms with van der Waals surface area (Å²) in [6, 6.07) is 0.564. The molecule has 1 saturated heterocycles. The second-order valence-corrected chi connectivity index (χ2v) is 6.11. The molecular formula is C15H25N5. The molecule has 110 valence electrons. The van der Waals surface area contributed by atoms with E-state index in [0.29, 0.717) is 17.8 Å². The van der Waals surface area contributed by atoms with Crippen LogP contribution in [-0.4, -0.2) is 47.1 Å². The van der Waals surface area contributed by atoms with Gasteiger partial charge < -0.3 is 10.6 Å². The van der Waals surface area contributed by atoms with Crippen LogP contribution in [0.5, 0.6) is 0 Å². The minimum absolute atomic E-state index is 0.547. The van der Waals surface area contributed by atoms with Gasteiger partial charge in [-0.3, -0.25) is 4.90 Å². The molecule has 1 aliphatic carbocycles. The monoisotopic (exact) mass is 275 g/mol. The number of hydrogen-bond acceptors (Lipinski definition) is 5. The first kappa shape index (κ1) is 13.6. The van der Waals surface area contributed by atoms with E-state index in [4.69, 9.17) is 10.7 Å². The van der Waals surface area contributed by atoms with E-state index in [9.17, 15) is 0 Å².